The maximum Gasteiger partial charge on any atom is 0.125 e. The lowest BCUT2D eigenvalue weighted by molar-refractivity contribution is 0.469. The van der Waals surface area contributed by atoms with Crippen molar-refractivity contribution in [3.8, 4) is 5.75 Å². The molecule has 0 saturated heterocycles. The first-order chi connectivity index (χ1) is 5.16. The minimum Gasteiger partial charge on any atom is -0.507 e. The van der Waals surface area contributed by atoms with Crippen molar-refractivity contribution in [1.29, 1.82) is 0 Å². The molecule has 0 spiro atoms. The van der Waals surface area contributed by atoms with E-state index in [2.05, 4.69) is 6.58 Å². The van der Waals surface area contributed by atoms with E-state index in [0.717, 1.165) is 16.7 Å². The van der Waals surface area contributed by atoms with E-state index in [1.807, 2.05) is 26.0 Å². The Balaban J connectivity index is 3.40. The number of rotatable bonds is 1. The third-order valence-electron chi connectivity index (χ3n) is 1.84. The molecule has 1 aromatic carbocycles. The Labute approximate surface area is 67.0 Å². The number of benzene rings is 1. The predicted molar refractivity (Wildman–Crippen MR) is 47.7 cm³/mol. The fourth-order valence-corrected chi connectivity index (χ4v) is 1.08. The molecule has 0 radical (unpaired) electrons. The molecule has 0 aliphatic heterocycles. The van der Waals surface area contributed by atoms with Crippen molar-refractivity contribution >= 4 is 6.08 Å². The van der Waals surface area contributed by atoms with Crippen LogP contribution in [0.2, 0.25) is 0 Å². The maximum absolute atomic E-state index is 9.51. The van der Waals surface area contributed by atoms with Crippen LogP contribution < -0.4 is 0 Å². The molecule has 1 heteroatoms. The van der Waals surface area contributed by atoms with E-state index >= 15 is 0 Å². The number of aryl methyl sites for hydroxylation is 2. The molecule has 0 aliphatic rings. The van der Waals surface area contributed by atoms with Crippen molar-refractivity contribution in [2.45, 2.75) is 13.8 Å². The van der Waals surface area contributed by atoms with Crippen molar-refractivity contribution in [3.63, 3.8) is 0 Å². The zero-order chi connectivity index (χ0) is 8.43. The van der Waals surface area contributed by atoms with Crippen molar-refractivity contribution < 1.29 is 5.11 Å². The molecular formula is C10H12O. The number of phenolic OH excluding ortho intramolecular Hbond substituents is 1. The molecular weight excluding hydrogens is 136 g/mol. The van der Waals surface area contributed by atoms with E-state index < -0.39 is 0 Å². The highest BCUT2D eigenvalue weighted by atomic mass is 16.3. The summed E-state index contributed by atoms with van der Waals surface area (Å²) in [6.07, 6.45) is 1.68. The van der Waals surface area contributed by atoms with Crippen molar-refractivity contribution in [2.24, 2.45) is 0 Å². The SMILES string of the molecule is C=Cc1c(C)ccc(C)c1O. The Morgan fingerprint density at radius 2 is 1.82 bits per heavy atom. The van der Waals surface area contributed by atoms with Gasteiger partial charge in [-0.05, 0) is 25.0 Å². The van der Waals surface area contributed by atoms with E-state index in [9.17, 15) is 5.11 Å². The first-order valence-electron chi connectivity index (χ1n) is 3.58. The Morgan fingerprint density at radius 3 is 2.27 bits per heavy atom. The smallest absolute Gasteiger partial charge is 0.125 e. The lowest BCUT2D eigenvalue weighted by atomic mass is 10.0. The molecule has 11 heavy (non-hydrogen) atoms. The van der Waals surface area contributed by atoms with Crippen LogP contribution in [0.15, 0.2) is 18.7 Å². The van der Waals surface area contributed by atoms with Gasteiger partial charge in [0.05, 0.1) is 0 Å². The van der Waals surface area contributed by atoms with Crippen LogP contribution in [0.5, 0.6) is 5.75 Å². The molecule has 0 aliphatic carbocycles. The van der Waals surface area contributed by atoms with Gasteiger partial charge in [0.2, 0.25) is 0 Å². The van der Waals surface area contributed by atoms with Gasteiger partial charge in [0, 0.05) is 5.56 Å². The van der Waals surface area contributed by atoms with E-state index in [1.165, 1.54) is 0 Å². The summed E-state index contributed by atoms with van der Waals surface area (Å²) in [4.78, 5) is 0. The number of hydrogen-bond acceptors (Lipinski definition) is 1. The largest absolute Gasteiger partial charge is 0.507 e. The summed E-state index contributed by atoms with van der Waals surface area (Å²) in [6, 6.07) is 3.88. The van der Waals surface area contributed by atoms with Gasteiger partial charge in [0.15, 0.2) is 0 Å². The maximum atomic E-state index is 9.51. The first kappa shape index (κ1) is 7.86. The van der Waals surface area contributed by atoms with Crippen molar-refractivity contribution in [3.05, 3.63) is 35.4 Å². The van der Waals surface area contributed by atoms with Gasteiger partial charge in [-0.3, -0.25) is 0 Å². The van der Waals surface area contributed by atoms with Crippen molar-refractivity contribution in [1.82, 2.24) is 0 Å². The Hall–Kier alpha value is -1.24. The molecule has 1 nitrogen and oxygen atoms in total. The van der Waals surface area contributed by atoms with Crippen LogP contribution in [0.3, 0.4) is 0 Å². The first-order valence-corrected chi connectivity index (χ1v) is 3.58. The Bertz CT molecular complexity index is 287. The third-order valence-corrected chi connectivity index (χ3v) is 1.84. The van der Waals surface area contributed by atoms with Crippen LogP contribution in [0, 0.1) is 13.8 Å². The summed E-state index contributed by atoms with van der Waals surface area (Å²) in [6.45, 7) is 7.46. The van der Waals surface area contributed by atoms with Gasteiger partial charge >= 0.3 is 0 Å². The molecule has 0 heterocycles. The van der Waals surface area contributed by atoms with Gasteiger partial charge in [0.1, 0.15) is 5.75 Å². The van der Waals surface area contributed by atoms with Crippen LogP contribution >= 0.6 is 0 Å². The van der Waals surface area contributed by atoms with Gasteiger partial charge in [0.25, 0.3) is 0 Å². The predicted octanol–water partition coefficient (Wildman–Crippen LogP) is 2.65. The van der Waals surface area contributed by atoms with Gasteiger partial charge in [-0.2, -0.15) is 0 Å². The highest BCUT2D eigenvalue weighted by Crippen LogP contribution is 2.25. The molecule has 0 bridgehead atoms. The normalized spacial score (nSPS) is 9.64. The molecule has 1 rings (SSSR count). The quantitative estimate of drug-likeness (QED) is 0.649. The summed E-state index contributed by atoms with van der Waals surface area (Å²) in [5, 5.41) is 9.51. The zero-order valence-electron chi connectivity index (χ0n) is 6.89. The fraction of sp³-hybridized carbons (Fsp3) is 0.200. The molecule has 0 aromatic heterocycles. The second-order valence-corrected chi connectivity index (χ2v) is 2.67. The molecule has 0 fully saturated rings. The zero-order valence-corrected chi connectivity index (χ0v) is 6.89. The highest BCUT2D eigenvalue weighted by Gasteiger charge is 2.02. The van der Waals surface area contributed by atoms with E-state index in [0.29, 0.717) is 5.75 Å². The topological polar surface area (TPSA) is 20.2 Å². The Morgan fingerprint density at radius 1 is 1.27 bits per heavy atom. The standard InChI is InChI=1S/C10H12O/c1-4-9-7(2)5-6-8(3)10(9)11/h4-6,11H,1H2,2-3H3. The Kier molecular flexibility index (Phi) is 1.99. The molecule has 0 saturated carbocycles. The molecule has 1 aromatic rings. The van der Waals surface area contributed by atoms with Crippen LogP contribution in [0.1, 0.15) is 16.7 Å². The summed E-state index contributed by atoms with van der Waals surface area (Å²) in [5.74, 6) is 0.347. The molecule has 58 valence electrons. The molecule has 0 unspecified atom stereocenters. The fourth-order valence-electron chi connectivity index (χ4n) is 1.08. The van der Waals surface area contributed by atoms with E-state index in [4.69, 9.17) is 0 Å². The van der Waals surface area contributed by atoms with Gasteiger partial charge in [-0.25, -0.2) is 0 Å². The van der Waals surface area contributed by atoms with Crippen LogP contribution in [-0.2, 0) is 0 Å². The lowest BCUT2D eigenvalue weighted by Gasteiger charge is -2.05. The summed E-state index contributed by atoms with van der Waals surface area (Å²) in [7, 11) is 0. The second kappa shape index (κ2) is 2.79. The van der Waals surface area contributed by atoms with Gasteiger partial charge in [-0.15, -0.1) is 0 Å². The molecule has 0 atom stereocenters. The third kappa shape index (κ3) is 1.27. The number of aromatic hydroxyl groups is 1. The number of phenols is 1. The summed E-state index contributed by atoms with van der Waals surface area (Å²) in [5.41, 5.74) is 2.79. The monoisotopic (exact) mass is 148 g/mol. The molecule has 0 amide bonds. The van der Waals surface area contributed by atoms with Crippen LogP contribution in [0.25, 0.3) is 6.08 Å². The summed E-state index contributed by atoms with van der Waals surface area (Å²) < 4.78 is 0. The molecule has 1 N–H and O–H groups in total. The lowest BCUT2D eigenvalue weighted by Crippen LogP contribution is -1.83. The van der Waals surface area contributed by atoms with E-state index in [-0.39, 0.29) is 0 Å². The van der Waals surface area contributed by atoms with Gasteiger partial charge < -0.3 is 5.11 Å². The van der Waals surface area contributed by atoms with Crippen LogP contribution in [0.4, 0.5) is 0 Å². The number of hydrogen-bond donors (Lipinski definition) is 1. The minimum absolute atomic E-state index is 0.347. The highest BCUT2D eigenvalue weighted by molar-refractivity contribution is 5.61. The minimum atomic E-state index is 0.347. The average Bonchev–Trinajstić information content (AvgIpc) is 1.99. The second-order valence-electron chi connectivity index (χ2n) is 2.67. The average molecular weight is 148 g/mol. The summed E-state index contributed by atoms with van der Waals surface area (Å²) >= 11 is 0. The van der Waals surface area contributed by atoms with Crippen molar-refractivity contribution in [2.75, 3.05) is 0 Å². The van der Waals surface area contributed by atoms with E-state index in [1.54, 1.807) is 6.08 Å². The van der Waals surface area contributed by atoms with Crippen LogP contribution in [-0.4, -0.2) is 5.11 Å². The van der Waals surface area contributed by atoms with Gasteiger partial charge in [-0.1, -0.05) is 24.8 Å².